The zero-order valence-corrected chi connectivity index (χ0v) is 38.0. The average Bonchev–Trinajstić information content (AvgIpc) is 3.08. The molecule has 2 saturated heterocycles. The number of likely N-dealkylation sites (N-methyl/N-ethyl adjacent to an activating group) is 1. The smallest absolute Gasteiger partial charge is 0.231 e. The van der Waals surface area contributed by atoms with Crippen LogP contribution >= 0.6 is 0 Å². The maximum absolute atomic E-state index is 11.9. The van der Waals surface area contributed by atoms with E-state index in [0.29, 0.717) is 58.9 Å². The van der Waals surface area contributed by atoms with E-state index in [-0.39, 0.29) is 54.9 Å². The van der Waals surface area contributed by atoms with Gasteiger partial charge in [0.1, 0.15) is 0 Å². The largest absolute Gasteiger partial charge is 0.369 e. The standard InChI is InChI=1S/C21H42N8O4.C19H40N6O2/c1-21(2,3)10-16-11-28(14-19(24)32)7-6-26(12-17(22)30)4-5-27(13-18(23)31)8-9-29(16)15-20(25)33;1-5-22-6-8-23(14-17(20)26)10-12-25(16-19(2,3)4)13-11-24(9-7-22)15-18(21)27/h16H,4-15H2,1-3H3,(H2,22,30)(H2,23,31)(H2,24,32)(H2,25,33);5-16H2,1-4H3,(H2,20,26)(H2,21,27). The quantitative estimate of drug-likeness (QED) is 0.0922. The summed E-state index contributed by atoms with van der Waals surface area (Å²) in [7, 11) is 0. The molecule has 2 rings (SSSR count). The monoisotopic (exact) mass is 855 g/mol. The van der Waals surface area contributed by atoms with Crippen LogP contribution < -0.4 is 34.4 Å². The molecule has 0 aromatic carbocycles. The van der Waals surface area contributed by atoms with Crippen LogP contribution in [0.2, 0.25) is 0 Å². The highest BCUT2D eigenvalue weighted by molar-refractivity contribution is 5.77. The minimum absolute atomic E-state index is 0.0546. The molecule has 0 aliphatic carbocycles. The Labute approximate surface area is 359 Å². The fraction of sp³-hybridized carbons (Fsp3) is 0.850. The molecule has 20 nitrogen and oxygen atoms in total. The zero-order chi connectivity index (χ0) is 45.6. The van der Waals surface area contributed by atoms with Crippen LogP contribution in [-0.4, -0.2) is 231 Å². The van der Waals surface area contributed by atoms with Crippen molar-refractivity contribution >= 4 is 35.4 Å². The van der Waals surface area contributed by atoms with Crippen LogP contribution in [0.5, 0.6) is 0 Å². The van der Waals surface area contributed by atoms with Gasteiger partial charge in [-0.2, -0.15) is 0 Å². The van der Waals surface area contributed by atoms with Gasteiger partial charge in [0.2, 0.25) is 35.4 Å². The van der Waals surface area contributed by atoms with Gasteiger partial charge in [-0.25, -0.2) is 0 Å². The van der Waals surface area contributed by atoms with Gasteiger partial charge in [-0.3, -0.25) is 58.2 Å². The maximum Gasteiger partial charge on any atom is 0.231 e. The molecule has 0 aromatic heterocycles. The fourth-order valence-electron chi connectivity index (χ4n) is 7.66. The lowest BCUT2D eigenvalue weighted by Crippen LogP contribution is -2.54. The highest BCUT2D eigenvalue weighted by Crippen LogP contribution is 2.25. The molecule has 0 spiro atoms. The average molecular weight is 855 g/mol. The molecule has 0 radical (unpaired) electrons. The number of carbonyl (C=O) groups is 6. The molecule has 0 bridgehead atoms. The first-order chi connectivity index (χ1) is 27.8. The third-order valence-electron chi connectivity index (χ3n) is 10.3. The minimum atomic E-state index is -0.455. The fourth-order valence-corrected chi connectivity index (χ4v) is 7.66. The molecular formula is C40H82N14O6. The van der Waals surface area contributed by atoms with E-state index in [9.17, 15) is 28.8 Å². The van der Waals surface area contributed by atoms with Gasteiger partial charge in [0, 0.05) is 111 Å². The summed E-state index contributed by atoms with van der Waals surface area (Å²) < 4.78 is 0. The van der Waals surface area contributed by atoms with Crippen molar-refractivity contribution in [2.75, 3.05) is 151 Å². The number of nitrogens with two attached hydrogens (primary N) is 6. The number of rotatable bonds is 15. The lowest BCUT2D eigenvalue weighted by molar-refractivity contribution is -0.122. The molecule has 0 saturated carbocycles. The van der Waals surface area contributed by atoms with Gasteiger partial charge in [0.15, 0.2) is 0 Å². The molecule has 0 aromatic rings. The topological polar surface area (TPSA) is 284 Å². The molecule has 2 aliphatic heterocycles. The first kappa shape index (κ1) is 54.5. The molecule has 2 fully saturated rings. The van der Waals surface area contributed by atoms with E-state index in [1.165, 1.54) is 0 Å². The Bertz CT molecular complexity index is 1310. The van der Waals surface area contributed by atoms with Gasteiger partial charge in [-0.1, -0.05) is 48.5 Å². The molecule has 20 heteroatoms. The first-order valence-electron chi connectivity index (χ1n) is 21.3. The lowest BCUT2D eigenvalue weighted by atomic mass is 9.87. The van der Waals surface area contributed by atoms with Crippen molar-refractivity contribution in [3.63, 3.8) is 0 Å². The highest BCUT2D eigenvalue weighted by Gasteiger charge is 2.30. The Morgan fingerprint density at radius 1 is 0.400 bits per heavy atom. The Hall–Kier alpha value is -3.50. The summed E-state index contributed by atoms with van der Waals surface area (Å²) in [6, 6.07) is -0.0868. The van der Waals surface area contributed by atoms with E-state index in [2.05, 4.69) is 68.1 Å². The zero-order valence-electron chi connectivity index (χ0n) is 38.0. The maximum atomic E-state index is 11.9. The van der Waals surface area contributed by atoms with Gasteiger partial charge in [0.05, 0.1) is 39.3 Å². The Morgan fingerprint density at radius 3 is 0.983 bits per heavy atom. The van der Waals surface area contributed by atoms with Gasteiger partial charge >= 0.3 is 0 Å². The van der Waals surface area contributed by atoms with E-state index in [0.717, 1.165) is 71.9 Å². The molecular weight excluding hydrogens is 773 g/mol. The predicted molar refractivity (Wildman–Crippen MR) is 235 cm³/mol. The second-order valence-electron chi connectivity index (χ2n) is 18.8. The summed E-state index contributed by atoms with van der Waals surface area (Å²) >= 11 is 0. The van der Waals surface area contributed by atoms with Crippen molar-refractivity contribution in [2.45, 2.75) is 60.9 Å². The summed E-state index contributed by atoms with van der Waals surface area (Å²) in [5, 5.41) is 0. The molecule has 12 N–H and O–H groups in total. The van der Waals surface area contributed by atoms with Crippen LogP contribution in [0.15, 0.2) is 0 Å². The Kier molecular flexibility index (Phi) is 24.9. The van der Waals surface area contributed by atoms with E-state index < -0.39 is 23.6 Å². The van der Waals surface area contributed by atoms with Crippen molar-refractivity contribution in [3.8, 4) is 0 Å². The number of amides is 6. The molecule has 6 amide bonds. The molecule has 60 heavy (non-hydrogen) atoms. The Balaban J connectivity index is 0.000000612. The van der Waals surface area contributed by atoms with Crippen LogP contribution in [-0.2, 0) is 28.8 Å². The van der Waals surface area contributed by atoms with Crippen LogP contribution in [0.4, 0.5) is 0 Å². The molecule has 2 aliphatic rings. The van der Waals surface area contributed by atoms with Crippen molar-refractivity contribution in [1.29, 1.82) is 0 Å². The van der Waals surface area contributed by atoms with E-state index in [1.54, 1.807) is 0 Å². The predicted octanol–water partition coefficient (Wildman–Crippen LogP) is -3.80. The molecule has 2 heterocycles. The van der Waals surface area contributed by atoms with Gasteiger partial charge in [-0.05, 0) is 23.8 Å². The van der Waals surface area contributed by atoms with E-state index in [4.69, 9.17) is 34.4 Å². The molecule has 1 unspecified atom stereocenters. The van der Waals surface area contributed by atoms with Crippen LogP contribution in [0.3, 0.4) is 0 Å². The lowest BCUT2D eigenvalue weighted by Gasteiger charge is -2.40. The molecule has 1 atom stereocenters. The third-order valence-corrected chi connectivity index (χ3v) is 10.3. The summed E-state index contributed by atoms with van der Waals surface area (Å²) in [6.07, 6.45) is 0.746. The van der Waals surface area contributed by atoms with Crippen molar-refractivity contribution in [1.82, 2.24) is 39.2 Å². The Morgan fingerprint density at radius 2 is 0.683 bits per heavy atom. The highest BCUT2D eigenvalue weighted by atomic mass is 16.2. The number of nitrogens with zero attached hydrogens (tertiary/aromatic N) is 8. The minimum Gasteiger partial charge on any atom is -0.369 e. The summed E-state index contributed by atoms with van der Waals surface area (Å²) in [5.74, 6) is -2.36. The van der Waals surface area contributed by atoms with E-state index in [1.807, 2.05) is 19.6 Å². The van der Waals surface area contributed by atoms with Crippen LogP contribution in [0.1, 0.15) is 54.9 Å². The van der Waals surface area contributed by atoms with Crippen LogP contribution in [0, 0.1) is 10.8 Å². The van der Waals surface area contributed by atoms with Crippen molar-refractivity contribution in [2.24, 2.45) is 45.2 Å². The van der Waals surface area contributed by atoms with Crippen molar-refractivity contribution < 1.29 is 28.8 Å². The third kappa shape index (κ3) is 27.4. The van der Waals surface area contributed by atoms with Gasteiger partial charge in [-0.15, -0.1) is 0 Å². The number of primary amides is 6. The SMILES string of the molecule is CC(C)(C)CC1CN(CC(N)=O)CCN(CC(N)=O)CCN(CC(N)=O)CCN1CC(N)=O.CCN1CCN(CC(N)=O)CCN(CC(C)(C)C)CCN(CC(N)=O)CC1. The second-order valence-corrected chi connectivity index (χ2v) is 18.8. The normalized spacial score (nSPS) is 20.9. The van der Waals surface area contributed by atoms with E-state index >= 15 is 0 Å². The van der Waals surface area contributed by atoms with Gasteiger partial charge < -0.3 is 44.2 Å². The molecule has 348 valence electrons. The second kappa shape index (κ2) is 27.4. The summed E-state index contributed by atoms with van der Waals surface area (Å²) in [6.45, 7) is 28.1. The van der Waals surface area contributed by atoms with Gasteiger partial charge in [0.25, 0.3) is 0 Å². The number of carbonyl (C=O) groups excluding carboxylic acids is 6. The van der Waals surface area contributed by atoms with Crippen LogP contribution in [0.25, 0.3) is 0 Å². The summed E-state index contributed by atoms with van der Waals surface area (Å²) in [4.78, 5) is 86.5. The summed E-state index contributed by atoms with van der Waals surface area (Å²) in [5.41, 5.74) is 32.9. The van der Waals surface area contributed by atoms with Crippen molar-refractivity contribution in [3.05, 3.63) is 0 Å². The number of hydrogen-bond acceptors (Lipinski definition) is 14. The first-order valence-corrected chi connectivity index (χ1v) is 21.3. The number of hydrogen-bond donors (Lipinski definition) is 6.